The quantitative estimate of drug-likeness (QED) is 0.630. The number of carbonyl (C=O) groups excluding carboxylic acids is 1. The second-order valence-electron chi connectivity index (χ2n) is 6.42. The summed E-state index contributed by atoms with van der Waals surface area (Å²) in [5.41, 5.74) is 4.17. The van der Waals surface area contributed by atoms with Crippen LogP contribution in [0.15, 0.2) is 36.4 Å². The van der Waals surface area contributed by atoms with Gasteiger partial charge in [-0.05, 0) is 42.7 Å². The van der Waals surface area contributed by atoms with Gasteiger partial charge >= 0.3 is 5.97 Å². The van der Waals surface area contributed by atoms with Crippen LogP contribution in [0.2, 0.25) is 5.02 Å². The zero-order chi connectivity index (χ0) is 19.6. The number of carboxylic acids is 1. The van der Waals surface area contributed by atoms with Crippen molar-refractivity contribution in [1.82, 2.24) is 14.9 Å². The normalized spacial score (nSPS) is 10.9. The summed E-state index contributed by atoms with van der Waals surface area (Å²) in [5, 5.41) is 12.9. The van der Waals surface area contributed by atoms with Crippen LogP contribution in [0.25, 0.3) is 22.2 Å². The van der Waals surface area contributed by atoms with Crippen LogP contribution in [0.1, 0.15) is 29.5 Å². The Morgan fingerprint density at radius 3 is 2.67 bits per heavy atom. The standard InChI is InChI=1S/C20H20ClN3O3/c1-12-4-6-15(16(21)10-12)14-5-7-18-17(11-14)23-19(20(26)27)24(18)9-3-8-22-13(2)25/h4-7,10-11H,3,8-9H2,1-2H3,(H,22,25)(H,26,27). The number of aryl methyl sites for hydroxylation is 2. The summed E-state index contributed by atoms with van der Waals surface area (Å²) in [5.74, 6) is -1.20. The van der Waals surface area contributed by atoms with Crippen LogP contribution in [0.5, 0.6) is 0 Å². The fraction of sp³-hybridized carbons (Fsp3) is 0.250. The minimum Gasteiger partial charge on any atom is -0.475 e. The molecule has 0 saturated heterocycles. The Balaban J connectivity index is 1.97. The predicted molar refractivity (Wildman–Crippen MR) is 105 cm³/mol. The number of halogens is 1. The van der Waals surface area contributed by atoms with E-state index in [0.717, 1.165) is 22.2 Å². The first-order valence-electron chi connectivity index (χ1n) is 8.61. The molecule has 1 amide bonds. The number of carbonyl (C=O) groups is 2. The van der Waals surface area contributed by atoms with E-state index in [1.165, 1.54) is 6.92 Å². The van der Waals surface area contributed by atoms with Gasteiger partial charge in [0.05, 0.1) is 11.0 Å². The van der Waals surface area contributed by atoms with Crippen LogP contribution in [0.4, 0.5) is 0 Å². The first-order chi connectivity index (χ1) is 12.9. The van der Waals surface area contributed by atoms with E-state index in [-0.39, 0.29) is 11.7 Å². The van der Waals surface area contributed by atoms with E-state index in [4.69, 9.17) is 11.6 Å². The van der Waals surface area contributed by atoms with E-state index >= 15 is 0 Å². The molecule has 3 aromatic rings. The third-order valence-corrected chi connectivity index (χ3v) is 4.62. The molecule has 0 radical (unpaired) electrons. The van der Waals surface area contributed by atoms with Gasteiger partial charge in [-0.3, -0.25) is 4.79 Å². The number of amides is 1. The van der Waals surface area contributed by atoms with E-state index in [1.54, 1.807) is 4.57 Å². The largest absolute Gasteiger partial charge is 0.475 e. The number of aromatic carboxylic acids is 1. The lowest BCUT2D eigenvalue weighted by atomic mass is 10.0. The Morgan fingerprint density at radius 2 is 2.00 bits per heavy atom. The Hall–Kier alpha value is -2.86. The summed E-state index contributed by atoms with van der Waals surface area (Å²) in [6, 6.07) is 11.4. The SMILES string of the molecule is CC(=O)NCCCn1c(C(=O)O)nc2cc(-c3ccc(C)cc3Cl)ccc21. The van der Waals surface area contributed by atoms with E-state index < -0.39 is 5.97 Å². The maximum Gasteiger partial charge on any atom is 0.372 e. The molecule has 0 fully saturated rings. The highest BCUT2D eigenvalue weighted by Gasteiger charge is 2.17. The van der Waals surface area contributed by atoms with Crippen LogP contribution in [-0.2, 0) is 11.3 Å². The minimum absolute atomic E-state index is 0.0139. The lowest BCUT2D eigenvalue weighted by Crippen LogP contribution is -2.22. The molecule has 0 bridgehead atoms. The zero-order valence-corrected chi connectivity index (χ0v) is 15.9. The molecule has 0 atom stereocenters. The maximum absolute atomic E-state index is 11.6. The molecule has 0 spiro atoms. The van der Waals surface area contributed by atoms with Crippen molar-refractivity contribution >= 4 is 34.5 Å². The van der Waals surface area contributed by atoms with Gasteiger partial charge in [0, 0.05) is 30.6 Å². The molecule has 140 valence electrons. The first kappa shape index (κ1) is 18.9. The Labute approximate surface area is 161 Å². The highest BCUT2D eigenvalue weighted by Crippen LogP contribution is 2.31. The topological polar surface area (TPSA) is 84.2 Å². The molecule has 0 saturated carbocycles. The first-order valence-corrected chi connectivity index (χ1v) is 8.99. The second-order valence-corrected chi connectivity index (χ2v) is 6.82. The lowest BCUT2D eigenvalue weighted by molar-refractivity contribution is -0.118. The number of benzene rings is 2. The molecule has 7 heteroatoms. The molecule has 0 aliphatic heterocycles. The average Bonchev–Trinajstić information content (AvgIpc) is 2.96. The Bertz CT molecular complexity index is 1030. The number of hydrogen-bond acceptors (Lipinski definition) is 3. The van der Waals surface area contributed by atoms with E-state index in [0.29, 0.717) is 30.0 Å². The molecule has 1 aromatic heterocycles. The monoisotopic (exact) mass is 385 g/mol. The summed E-state index contributed by atoms with van der Waals surface area (Å²) >= 11 is 6.36. The number of imidazole rings is 1. The third kappa shape index (κ3) is 4.11. The number of nitrogens with zero attached hydrogens (tertiary/aromatic N) is 2. The molecule has 3 rings (SSSR count). The van der Waals surface area contributed by atoms with Gasteiger partial charge in [-0.1, -0.05) is 29.8 Å². The van der Waals surface area contributed by atoms with Crippen molar-refractivity contribution in [3.63, 3.8) is 0 Å². The van der Waals surface area contributed by atoms with E-state index in [9.17, 15) is 14.7 Å². The molecule has 0 aliphatic rings. The molecule has 2 N–H and O–H groups in total. The van der Waals surface area contributed by atoms with Gasteiger partial charge in [0.1, 0.15) is 0 Å². The van der Waals surface area contributed by atoms with Gasteiger partial charge in [-0.15, -0.1) is 0 Å². The number of rotatable bonds is 6. The summed E-state index contributed by atoms with van der Waals surface area (Å²) in [6.07, 6.45) is 0.608. The maximum atomic E-state index is 11.6. The Kier molecular flexibility index (Phi) is 5.46. The van der Waals surface area contributed by atoms with Gasteiger partial charge in [-0.25, -0.2) is 9.78 Å². The van der Waals surface area contributed by atoms with Crippen molar-refractivity contribution in [2.45, 2.75) is 26.8 Å². The highest BCUT2D eigenvalue weighted by atomic mass is 35.5. The summed E-state index contributed by atoms with van der Waals surface area (Å²) in [4.78, 5) is 26.9. The molecule has 0 aliphatic carbocycles. The average molecular weight is 386 g/mol. The molecular weight excluding hydrogens is 366 g/mol. The van der Waals surface area contributed by atoms with Gasteiger partial charge < -0.3 is 15.0 Å². The van der Waals surface area contributed by atoms with Crippen molar-refractivity contribution < 1.29 is 14.7 Å². The van der Waals surface area contributed by atoms with E-state index in [2.05, 4.69) is 10.3 Å². The fourth-order valence-electron chi connectivity index (χ4n) is 3.04. The van der Waals surface area contributed by atoms with Crippen LogP contribution < -0.4 is 5.32 Å². The lowest BCUT2D eigenvalue weighted by Gasteiger charge is -2.08. The van der Waals surface area contributed by atoms with Gasteiger partial charge in [-0.2, -0.15) is 0 Å². The van der Waals surface area contributed by atoms with Crippen molar-refractivity contribution in [1.29, 1.82) is 0 Å². The van der Waals surface area contributed by atoms with Crippen LogP contribution in [0, 0.1) is 6.92 Å². The molecule has 2 aromatic carbocycles. The minimum atomic E-state index is -1.08. The van der Waals surface area contributed by atoms with Gasteiger partial charge in [0.25, 0.3) is 0 Å². The number of nitrogens with one attached hydrogen (secondary N) is 1. The zero-order valence-electron chi connectivity index (χ0n) is 15.1. The fourth-order valence-corrected chi connectivity index (χ4v) is 3.39. The smallest absolute Gasteiger partial charge is 0.372 e. The second kappa shape index (κ2) is 7.80. The van der Waals surface area contributed by atoms with Crippen molar-refractivity contribution in [3.05, 3.63) is 52.8 Å². The van der Waals surface area contributed by atoms with Crippen molar-refractivity contribution in [3.8, 4) is 11.1 Å². The van der Waals surface area contributed by atoms with Crippen molar-refractivity contribution in [2.24, 2.45) is 0 Å². The molecule has 27 heavy (non-hydrogen) atoms. The molecule has 0 unspecified atom stereocenters. The molecular formula is C20H20ClN3O3. The van der Waals surface area contributed by atoms with Crippen LogP contribution >= 0.6 is 11.6 Å². The number of fused-ring (bicyclic) bond motifs is 1. The number of aromatic nitrogens is 2. The third-order valence-electron chi connectivity index (χ3n) is 4.31. The summed E-state index contributed by atoms with van der Waals surface area (Å²) < 4.78 is 1.67. The van der Waals surface area contributed by atoms with Gasteiger partial charge in [0.15, 0.2) is 0 Å². The summed E-state index contributed by atoms with van der Waals surface area (Å²) in [6.45, 7) is 4.35. The van der Waals surface area contributed by atoms with Crippen LogP contribution in [-0.4, -0.2) is 33.1 Å². The predicted octanol–water partition coefficient (Wildman–Crippen LogP) is 3.89. The Morgan fingerprint density at radius 1 is 1.22 bits per heavy atom. The van der Waals surface area contributed by atoms with Gasteiger partial charge in [0.2, 0.25) is 11.7 Å². The molecule has 1 heterocycles. The number of hydrogen-bond donors (Lipinski definition) is 2. The summed E-state index contributed by atoms with van der Waals surface area (Å²) in [7, 11) is 0. The van der Waals surface area contributed by atoms with E-state index in [1.807, 2.05) is 43.3 Å². The highest BCUT2D eigenvalue weighted by molar-refractivity contribution is 6.33. The molecule has 6 nitrogen and oxygen atoms in total. The number of carboxylic acid groups (broad SMARTS) is 1. The van der Waals surface area contributed by atoms with Crippen LogP contribution in [0.3, 0.4) is 0 Å². The van der Waals surface area contributed by atoms with Crippen molar-refractivity contribution in [2.75, 3.05) is 6.54 Å².